The van der Waals surface area contributed by atoms with Gasteiger partial charge in [-0.2, -0.15) is 5.10 Å². The van der Waals surface area contributed by atoms with Crippen molar-refractivity contribution in [2.24, 2.45) is 0 Å². The Morgan fingerprint density at radius 2 is 1.73 bits per heavy atom. The molecular formula is C24H25N5O. The number of amides is 1. The number of fused-ring (bicyclic) bond motifs is 1. The lowest BCUT2D eigenvalue weighted by Gasteiger charge is -2.26. The average molecular weight is 399 g/mol. The highest BCUT2D eigenvalue weighted by Crippen LogP contribution is 2.20. The van der Waals surface area contributed by atoms with E-state index in [0.29, 0.717) is 17.8 Å². The Morgan fingerprint density at radius 1 is 1.07 bits per heavy atom. The van der Waals surface area contributed by atoms with Crippen LogP contribution in [0, 0.1) is 6.92 Å². The van der Waals surface area contributed by atoms with Crippen LogP contribution < -0.4 is 10.4 Å². The highest BCUT2D eigenvalue weighted by Gasteiger charge is 2.18. The zero-order valence-electron chi connectivity index (χ0n) is 17.4. The molecule has 1 amide bonds. The Labute approximate surface area is 176 Å². The average Bonchev–Trinajstić information content (AvgIpc) is 3.17. The molecule has 0 fully saturated rings. The maximum atomic E-state index is 13.2. The summed E-state index contributed by atoms with van der Waals surface area (Å²) in [6, 6.07) is 22.0. The molecule has 2 heterocycles. The number of anilines is 1. The number of hydrazine groups is 1. The van der Waals surface area contributed by atoms with E-state index in [9.17, 15) is 4.79 Å². The highest BCUT2D eigenvalue weighted by molar-refractivity contribution is 5.98. The number of pyridine rings is 1. The van der Waals surface area contributed by atoms with Crippen LogP contribution in [-0.2, 0) is 6.54 Å². The third-order valence-corrected chi connectivity index (χ3v) is 4.98. The standard InChI is InChI=1S/C24H25N5O/c1-17(2)29-23-20(15-25-29)14-22(18(3)26-23)24(30)27-28(21-12-8-5-9-13-21)16-19-10-6-4-7-11-19/h4-15,17H,16H2,1-3H3,(H,27,30). The van der Waals surface area contributed by atoms with Crippen molar-refractivity contribution >= 4 is 22.6 Å². The second-order valence-corrected chi connectivity index (χ2v) is 7.57. The second kappa shape index (κ2) is 8.37. The first-order valence-electron chi connectivity index (χ1n) is 10.1. The Morgan fingerprint density at radius 3 is 2.40 bits per heavy atom. The van der Waals surface area contributed by atoms with Gasteiger partial charge in [0.05, 0.1) is 29.7 Å². The molecule has 2 aromatic carbocycles. The summed E-state index contributed by atoms with van der Waals surface area (Å²) in [6.07, 6.45) is 1.76. The number of hydrogen-bond donors (Lipinski definition) is 1. The monoisotopic (exact) mass is 399 g/mol. The highest BCUT2D eigenvalue weighted by atomic mass is 16.2. The molecule has 6 heteroatoms. The van der Waals surface area contributed by atoms with Crippen molar-refractivity contribution < 1.29 is 4.79 Å². The number of carbonyl (C=O) groups is 1. The zero-order chi connectivity index (χ0) is 21.1. The van der Waals surface area contributed by atoms with Gasteiger partial charge in [-0.05, 0) is 44.5 Å². The van der Waals surface area contributed by atoms with E-state index in [1.165, 1.54) is 0 Å². The van der Waals surface area contributed by atoms with Gasteiger partial charge in [0.15, 0.2) is 5.65 Å². The van der Waals surface area contributed by atoms with Crippen LogP contribution in [0.5, 0.6) is 0 Å². The van der Waals surface area contributed by atoms with Gasteiger partial charge in [-0.3, -0.25) is 15.2 Å². The van der Waals surface area contributed by atoms with E-state index in [-0.39, 0.29) is 11.9 Å². The Kier molecular flexibility index (Phi) is 5.48. The number of para-hydroxylation sites is 1. The number of rotatable bonds is 6. The molecule has 0 spiro atoms. The Hall–Kier alpha value is -3.67. The predicted octanol–water partition coefficient (Wildman–Crippen LogP) is 4.67. The minimum absolute atomic E-state index is 0.195. The Balaban J connectivity index is 1.64. The van der Waals surface area contributed by atoms with Crippen molar-refractivity contribution in [3.05, 3.63) is 89.7 Å². The third-order valence-electron chi connectivity index (χ3n) is 4.98. The van der Waals surface area contributed by atoms with Crippen LogP contribution >= 0.6 is 0 Å². The topological polar surface area (TPSA) is 63.1 Å². The summed E-state index contributed by atoms with van der Waals surface area (Å²) in [4.78, 5) is 17.9. The zero-order valence-corrected chi connectivity index (χ0v) is 17.4. The number of benzene rings is 2. The summed E-state index contributed by atoms with van der Waals surface area (Å²) in [6.45, 7) is 6.53. The predicted molar refractivity (Wildman–Crippen MR) is 119 cm³/mol. The molecule has 152 valence electrons. The molecule has 30 heavy (non-hydrogen) atoms. The van der Waals surface area contributed by atoms with Gasteiger partial charge < -0.3 is 0 Å². The molecule has 1 N–H and O–H groups in total. The maximum Gasteiger partial charge on any atom is 0.271 e. The van der Waals surface area contributed by atoms with Gasteiger partial charge in [-0.15, -0.1) is 0 Å². The van der Waals surface area contributed by atoms with Crippen molar-refractivity contribution in [1.29, 1.82) is 0 Å². The molecule has 0 aliphatic carbocycles. The maximum absolute atomic E-state index is 13.2. The van der Waals surface area contributed by atoms with Crippen molar-refractivity contribution in [1.82, 2.24) is 20.2 Å². The van der Waals surface area contributed by atoms with E-state index in [4.69, 9.17) is 0 Å². The molecule has 4 aromatic rings. The van der Waals surface area contributed by atoms with Crippen molar-refractivity contribution in [3.8, 4) is 0 Å². The molecule has 0 atom stereocenters. The first kappa shape index (κ1) is 19.6. The van der Waals surface area contributed by atoms with Gasteiger partial charge in [0.25, 0.3) is 5.91 Å². The van der Waals surface area contributed by atoms with E-state index < -0.39 is 0 Å². The van der Waals surface area contributed by atoms with Gasteiger partial charge in [0, 0.05) is 11.4 Å². The lowest BCUT2D eigenvalue weighted by atomic mass is 10.1. The fraction of sp³-hybridized carbons (Fsp3) is 0.208. The summed E-state index contributed by atoms with van der Waals surface area (Å²) >= 11 is 0. The fourth-order valence-corrected chi connectivity index (χ4v) is 3.43. The molecule has 0 unspecified atom stereocenters. The van der Waals surface area contributed by atoms with E-state index in [1.807, 2.05) is 83.3 Å². The lowest BCUT2D eigenvalue weighted by molar-refractivity contribution is 0.0947. The SMILES string of the molecule is Cc1nc2c(cnn2C(C)C)cc1C(=O)NN(Cc1ccccc1)c1ccccc1. The molecule has 6 nitrogen and oxygen atoms in total. The molecule has 0 aliphatic heterocycles. The van der Waals surface area contributed by atoms with Crippen molar-refractivity contribution in [2.45, 2.75) is 33.4 Å². The smallest absolute Gasteiger partial charge is 0.271 e. The van der Waals surface area contributed by atoms with Crippen LogP contribution in [0.15, 0.2) is 72.9 Å². The van der Waals surface area contributed by atoms with E-state index in [1.54, 1.807) is 6.20 Å². The van der Waals surface area contributed by atoms with Crippen LogP contribution in [0.4, 0.5) is 5.69 Å². The quantitative estimate of drug-likeness (QED) is 0.479. The van der Waals surface area contributed by atoms with Crippen LogP contribution in [0.1, 0.15) is 41.5 Å². The van der Waals surface area contributed by atoms with Crippen LogP contribution in [0.25, 0.3) is 11.0 Å². The molecule has 4 rings (SSSR count). The minimum atomic E-state index is -0.195. The summed E-state index contributed by atoms with van der Waals surface area (Å²) in [5.41, 5.74) is 7.09. The Bertz CT molecular complexity index is 1150. The molecule has 0 radical (unpaired) electrons. The summed E-state index contributed by atoms with van der Waals surface area (Å²) in [5.74, 6) is -0.195. The molecule has 2 aromatic heterocycles. The summed E-state index contributed by atoms with van der Waals surface area (Å²) in [7, 11) is 0. The van der Waals surface area contributed by atoms with Gasteiger partial charge in [-0.1, -0.05) is 48.5 Å². The fourth-order valence-electron chi connectivity index (χ4n) is 3.43. The molecule has 0 bridgehead atoms. The van der Waals surface area contributed by atoms with Crippen molar-refractivity contribution in [3.63, 3.8) is 0 Å². The molecule has 0 aliphatic rings. The van der Waals surface area contributed by atoms with Crippen molar-refractivity contribution in [2.75, 3.05) is 5.01 Å². The van der Waals surface area contributed by atoms with Gasteiger partial charge >= 0.3 is 0 Å². The number of nitrogens with zero attached hydrogens (tertiary/aromatic N) is 4. The minimum Gasteiger partial charge on any atom is -0.281 e. The normalized spacial score (nSPS) is 11.1. The second-order valence-electron chi connectivity index (χ2n) is 7.57. The first-order chi connectivity index (χ1) is 14.5. The van der Waals surface area contributed by atoms with E-state index >= 15 is 0 Å². The summed E-state index contributed by atoms with van der Waals surface area (Å²) in [5, 5.41) is 7.13. The summed E-state index contributed by atoms with van der Waals surface area (Å²) < 4.78 is 1.87. The largest absolute Gasteiger partial charge is 0.281 e. The number of aryl methyl sites for hydroxylation is 1. The first-order valence-corrected chi connectivity index (χ1v) is 10.1. The van der Waals surface area contributed by atoms with Gasteiger partial charge in [-0.25, -0.2) is 9.67 Å². The van der Waals surface area contributed by atoms with Gasteiger partial charge in [0.1, 0.15) is 0 Å². The molecular weight excluding hydrogens is 374 g/mol. The third kappa shape index (κ3) is 4.03. The molecule has 0 saturated carbocycles. The lowest BCUT2D eigenvalue weighted by Crippen LogP contribution is -2.42. The van der Waals surface area contributed by atoms with Crippen LogP contribution in [0.3, 0.4) is 0 Å². The van der Waals surface area contributed by atoms with Crippen LogP contribution in [0.2, 0.25) is 0 Å². The molecule has 0 saturated heterocycles. The van der Waals surface area contributed by atoms with Gasteiger partial charge in [0.2, 0.25) is 0 Å². The van der Waals surface area contributed by atoms with E-state index in [0.717, 1.165) is 22.3 Å². The van der Waals surface area contributed by atoms with Crippen LogP contribution in [-0.4, -0.2) is 20.7 Å². The van der Waals surface area contributed by atoms with E-state index in [2.05, 4.69) is 29.4 Å². The number of nitrogens with one attached hydrogen (secondary N) is 1. The number of hydrogen-bond acceptors (Lipinski definition) is 4. The number of aromatic nitrogens is 3. The number of carbonyl (C=O) groups excluding carboxylic acids is 1.